The first-order valence-electron chi connectivity index (χ1n) is 9.50. The van der Waals surface area contributed by atoms with Crippen LogP contribution < -0.4 is 14.8 Å². The molecule has 1 aromatic carbocycles. The van der Waals surface area contributed by atoms with Gasteiger partial charge < -0.3 is 19.5 Å². The molecular formula is C19H26ClN5O4. The summed E-state index contributed by atoms with van der Waals surface area (Å²) in [4.78, 5) is 14.8. The van der Waals surface area contributed by atoms with Crippen LogP contribution in [-0.2, 0) is 22.6 Å². The van der Waals surface area contributed by atoms with Crippen LogP contribution in [0.3, 0.4) is 0 Å². The van der Waals surface area contributed by atoms with E-state index in [2.05, 4.69) is 20.5 Å². The van der Waals surface area contributed by atoms with Gasteiger partial charge in [-0.2, -0.15) is 0 Å². The molecule has 1 amide bonds. The van der Waals surface area contributed by atoms with Crippen molar-refractivity contribution in [2.75, 3.05) is 40.0 Å². The van der Waals surface area contributed by atoms with E-state index in [1.165, 1.54) is 0 Å². The average molecular weight is 424 g/mol. The SMILES string of the molecule is COc1ccc2c(c1)C(NC(=O)Cn1cc(CN3CCOCC3)nn1)CCO2.Cl. The van der Waals surface area contributed by atoms with Crippen molar-refractivity contribution in [3.05, 3.63) is 35.7 Å². The zero-order valence-electron chi connectivity index (χ0n) is 16.4. The summed E-state index contributed by atoms with van der Waals surface area (Å²) in [6, 6.07) is 5.54. The second-order valence-electron chi connectivity index (χ2n) is 6.96. The second-order valence-corrected chi connectivity index (χ2v) is 6.96. The van der Waals surface area contributed by atoms with E-state index >= 15 is 0 Å². The van der Waals surface area contributed by atoms with Gasteiger partial charge in [-0.05, 0) is 18.2 Å². The van der Waals surface area contributed by atoms with E-state index in [0.29, 0.717) is 13.0 Å². The Balaban J connectivity index is 0.00000240. The second kappa shape index (κ2) is 9.91. The number of amides is 1. The lowest BCUT2D eigenvalue weighted by molar-refractivity contribution is -0.122. The largest absolute Gasteiger partial charge is 0.497 e. The predicted molar refractivity (Wildman–Crippen MR) is 107 cm³/mol. The molecule has 1 aromatic heterocycles. The molecule has 2 aliphatic rings. The van der Waals surface area contributed by atoms with Crippen LogP contribution in [0.15, 0.2) is 24.4 Å². The van der Waals surface area contributed by atoms with Crippen LogP contribution in [0.4, 0.5) is 0 Å². The highest BCUT2D eigenvalue weighted by atomic mass is 35.5. The molecule has 158 valence electrons. The van der Waals surface area contributed by atoms with Crippen LogP contribution >= 0.6 is 12.4 Å². The maximum Gasteiger partial charge on any atom is 0.242 e. The molecule has 2 aliphatic heterocycles. The van der Waals surface area contributed by atoms with Crippen LogP contribution in [0.25, 0.3) is 0 Å². The molecule has 0 radical (unpaired) electrons. The molecule has 1 unspecified atom stereocenters. The minimum absolute atomic E-state index is 0. The molecule has 1 atom stereocenters. The number of ether oxygens (including phenoxy) is 3. The average Bonchev–Trinajstić information content (AvgIpc) is 3.15. The minimum atomic E-state index is -0.109. The van der Waals surface area contributed by atoms with Crippen LogP contribution in [0.1, 0.15) is 23.7 Å². The molecule has 0 saturated carbocycles. The lowest BCUT2D eigenvalue weighted by Crippen LogP contribution is -2.35. The summed E-state index contributed by atoms with van der Waals surface area (Å²) >= 11 is 0. The lowest BCUT2D eigenvalue weighted by atomic mass is 10.00. The Hall–Kier alpha value is -2.36. The van der Waals surface area contributed by atoms with Gasteiger partial charge in [-0.1, -0.05) is 5.21 Å². The summed E-state index contributed by atoms with van der Waals surface area (Å²) < 4.78 is 17.9. The summed E-state index contributed by atoms with van der Waals surface area (Å²) in [6.07, 6.45) is 2.54. The number of carbonyl (C=O) groups excluding carboxylic acids is 1. The normalized spacial score (nSPS) is 18.9. The Morgan fingerprint density at radius 2 is 2.14 bits per heavy atom. The standard InChI is InChI=1S/C19H25N5O4.ClH/c1-26-15-2-3-18-16(10-15)17(4-7-28-18)20-19(25)13-24-12-14(21-22-24)11-23-5-8-27-9-6-23;/h2-3,10,12,17H,4-9,11,13H2,1H3,(H,20,25);1H. The number of hydrogen-bond acceptors (Lipinski definition) is 7. The third-order valence-electron chi connectivity index (χ3n) is 4.97. The van der Waals surface area contributed by atoms with E-state index in [9.17, 15) is 4.79 Å². The van der Waals surface area contributed by atoms with E-state index < -0.39 is 0 Å². The fourth-order valence-corrected chi connectivity index (χ4v) is 3.51. The number of fused-ring (bicyclic) bond motifs is 1. The van der Waals surface area contributed by atoms with Gasteiger partial charge in [0.15, 0.2) is 0 Å². The Kier molecular flexibility index (Phi) is 7.29. The minimum Gasteiger partial charge on any atom is -0.497 e. The smallest absolute Gasteiger partial charge is 0.242 e. The number of aromatic nitrogens is 3. The number of halogens is 1. The highest BCUT2D eigenvalue weighted by molar-refractivity contribution is 5.85. The van der Waals surface area contributed by atoms with Crippen LogP contribution in [0.2, 0.25) is 0 Å². The molecule has 0 aliphatic carbocycles. The van der Waals surface area contributed by atoms with E-state index in [4.69, 9.17) is 14.2 Å². The van der Waals surface area contributed by atoms with Crippen molar-refractivity contribution >= 4 is 18.3 Å². The molecule has 1 fully saturated rings. The fraction of sp³-hybridized carbons (Fsp3) is 0.526. The topological polar surface area (TPSA) is 90.7 Å². The molecule has 1 N–H and O–H groups in total. The summed E-state index contributed by atoms with van der Waals surface area (Å²) in [5.74, 6) is 1.42. The number of benzene rings is 1. The van der Waals surface area contributed by atoms with Crippen molar-refractivity contribution in [2.24, 2.45) is 0 Å². The predicted octanol–water partition coefficient (Wildman–Crippen LogP) is 1.18. The van der Waals surface area contributed by atoms with Gasteiger partial charge in [-0.15, -0.1) is 17.5 Å². The zero-order valence-corrected chi connectivity index (χ0v) is 17.2. The molecule has 0 spiro atoms. The van der Waals surface area contributed by atoms with Crippen molar-refractivity contribution in [3.8, 4) is 11.5 Å². The van der Waals surface area contributed by atoms with Gasteiger partial charge in [0.25, 0.3) is 0 Å². The summed E-state index contributed by atoms with van der Waals surface area (Å²) in [6.45, 7) is 4.68. The van der Waals surface area contributed by atoms with Crippen molar-refractivity contribution in [1.29, 1.82) is 0 Å². The third-order valence-corrected chi connectivity index (χ3v) is 4.97. The number of morpholine rings is 1. The van der Waals surface area contributed by atoms with E-state index in [0.717, 1.165) is 55.6 Å². The Bertz CT molecular complexity index is 825. The van der Waals surface area contributed by atoms with Crippen LogP contribution in [-0.4, -0.2) is 65.8 Å². The molecule has 0 bridgehead atoms. The van der Waals surface area contributed by atoms with E-state index in [1.54, 1.807) is 11.8 Å². The van der Waals surface area contributed by atoms with Crippen LogP contribution in [0.5, 0.6) is 11.5 Å². The van der Waals surface area contributed by atoms with Gasteiger partial charge in [-0.3, -0.25) is 9.69 Å². The van der Waals surface area contributed by atoms with Gasteiger partial charge in [0.2, 0.25) is 5.91 Å². The fourth-order valence-electron chi connectivity index (χ4n) is 3.51. The van der Waals surface area contributed by atoms with Crippen molar-refractivity contribution in [3.63, 3.8) is 0 Å². The lowest BCUT2D eigenvalue weighted by Gasteiger charge is -2.27. The summed E-state index contributed by atoms with van der Waals surface area (Å²) in [5.41, 5.74) is 1.79. The quantitative estimate of drug-likeness (QED) is 0.746. The molecular weight excluding hydrogens is 398 g/mol. The van der Waals surface area contributed by atoms with Gasteiger partial charge in [0, 0.05) is 31.6 Å². The maximum atomic E-state index is 12.5. The molecule has 3 heterocycles. The molecule has 10 heteroatoms. The Labute approximate surface area is 175 Å². The molecule has 1 saturated heterocycles. The first-order chi connectivity index (χ1) is 13.7. The van der Waals surface area contributed by atoms with Gasteiger partial charge in [0.05, 0.1) is 44.9 Å². The van der Waals surface area contributed by atoms with Crippen LogP contribution in [0, 0.1) is 0 Å². The van der Waals surface area contributed by atoms with Gasteiger partial charge >= 0.3 is 0 Å². The molecule has 29 heavy (non-hydrogen) atoms. The molecule has 2 aromatic rings. The first kappa shape index (κ1) is 21.4. The van der Waals surface area contributed by atoms with Gasteiger partial charge in [0.1, 0.15) is 18.0 Å². The number of rotatable bonds is 6. The monoisotopic (exact) mass is 423 g/mol. The van der Waals surface area contributed by atoms with Crippen molar-refractivity contribution in [2.45, 2.75) is 25.6 Å². The Morgan fingerprint density at radius 3 is 2.93 bits per heavy atom. The molecule has 9 nitrogen and oxygen atoms in total. The highest BCUT2D eigenvalue weighted by Gasteiger charge is 2.24. The number of hydrogen-bond donors (Lipinski definition) is 1. The first-order valence-corrected chi connectivity index (χ1v) is 9.50. The highest BCUT2D eigenvalue weighted by Crippen LogP contribution is 2.34. The number of nitrogens with zero attached hydrogens (tertiary/aromatic N) is 4. The third kappa shape index (κ3) is 5.37. The van der Waals surface area contributed by atoms with E-state index in [-0.39, 0.29) is 30.9 Å². The van der Waals surface area contributed by atoms with Crippen molar-refractivity contribution < 1.29 is 19.0 Å². The van der Waals surface area contributed by atoms with E-state index in [1.807, 2.05) is 24.4 Å². The van der Waals surface area contributed by atoms with Gasteiger partial charge in [-0.25, -0.2) is 4.68 Å². The summed E-state index contributed by atoms with van der Waals surface area (Å²) in [7, 11) is 1.62. The zero-order chi connectivity index (χ0) is 19.3. The number of carbonyl (C=O) groups is 1. The number of methoxy groups -OCH3 is 1. The number of nitrogens with one attached hydrogen (secondary N) is 1. The Morgan fingerprint density at radius 1 is 1.31 bits per heavy atom. The summed E-state index contributed by atoms with van der Waals surface area (Å²) in [5, 5.41) is 11.3. The molecule has 4 rings (SSSR count). The van der Waals surface area contributed by atoms with Crippen molar-refractivity contribution in [1.82, 2.24) is 25.2 Å². The maximum absolute atomic E-state index is 12.5.